The van der Waals surface area contributed by atoms with Crippen molar-refractivity contribution in [3.63, 3.8) is 0 Å². The lowest BCUT2D eigenvalue weighted by atomic mass is 9.85. The number of fused-ring (bicyclic) bond motifs is 4. The second kappa shape index (κ2) is 11.5. The highest BCUT2D eigenvalue weighted by atomic mass is 16.5. The molecule has 0 amide bonds. The number of hydrogen-bond donors (Lipinski definition) is 0. The van der Waals surface area contributed by atoms with Gasteiger partial charge in [-0.05, 0) is 71.0 Å². The Hall–Kier alpha value is -5.68. The smallest absolute Gasteiger partial charge is 0.168 e. The van der Waals surface area contributed by atoms with Crippen molar-refractivity contribution < 1.29 is 4.74 Å². The molecule has 3 aromatic heterocycles. The number of aromatic nitrogens is 4. The largest absolute Gasteiger partial charge is 0.456 e. The van der Waals surface area contributed by atoms with Gasteiger partial charge in [0.2, 0.25) is 0 Å². The molecule has 0 aliphatic heterocycles. The fraction of sp³-hybridized carbons (Fsp3) is 0.182. The molecule has 0 aliphatic rings. The van der Waals surface area contributed by atoms with Gasteiger partial charge in [-0.3, -0.25) is 4.57 Å². The molecule has 5 heteroatoms. The third-order valence-corrected chi connectivity index (χ3v) is 9.41. The summed E-state index contributed by atoms with van der Waals surface area (Å²) in [5.41, 5.74) is 8.83. The molecule has 8 rings (SSSR count). The maximum atomic E-state index is 6.92. The first-order valence-corrected chi connectivity index (χ1v) is 17.0. The maximum absolute atomic E-state index is 6.92. The van der Waals surface area contributed by atoms with Gasteiger partial charge in [-0.1, -0.05) is 90.1 Å². The van der Waals surface area contributed by atoms with Crippen LogP contribution in [0.3, 0.4) is 0 Å². The molecule has 5 nitrogen and oxygen atoms in total. The van der Waals surface area contributed by atoms with E-state index in [-0.39, 0.29) is 10.8 Å². The number of ether oxygens (including phenoxy) is 1. The second-order valence-corrected chi connectivity index (χ2v) is 14.9. The molecule has 8 aromatic rings. The normalized spacial score (nSPS) is 12.3. The molecule has 0 saturated heterocycles. The van der Waals surface area contributed by atoms with Crippen molar-refractivity contribution in [2.45, 2.75) is 52.4 Å². The number of rotatable bonds is 5. The van der Waals surface area contributed by atoms with E-state index in [0.29, 0.717) is 0 Å². The van der Waals surface area contributed by atoms with E-state index in [1.807, 2.05) is 18.3 Å². The molecule has 0 unspecified atom stereocenters. The molecule has 0 spiro atoms. The van der Waals surface area contributed by atoms with Crippen LogP contribution in [-0.4, -0.2) is 18.7 Å². The summed E-state index contributed by atoms with van der Waals surface area (Å²) in [5, 5.41) is 2.39. The Bertz CT molecular complexity index is 2490. The van der Waals surface area contributed by atoms with Gasteiger partial charge in [0.1, 0.15) is 28.7 Å². The third kappa shape index (κ3) is 5.45. The van der Waals surface area contributed by atoms with Gasteiger partial charge in [-0.15, -0.1) is 0 Å². The van der Waals surface area contributed by atoms with Gasteiger partial charge in [0.15, 0.2) is 17.4 Å². The van der Waals surface area contributed by atoms with Gasteiger partial charge in [-0.2, -0.15) is 9.13 Å². The van der Waals surface area contributed by atoms with Crippen molar-refractivity contribution >= 4 is 32.8 Å². The van der Waals surface area contributed by atoms with Crippen LogP contribution in [0.15, 0.2) is 140 Å². The fourth-order valence-electron chi connectivity index (χ4n) is 6.86. The Morgan fingerprint density at radius 2 is 1.20 bits per heavy atom. The monoisotopic (exact) mass is 641 g/mol. The molecule has 242 valence electrons. The van der Waals surface area contributed by atoms with Gasteiger partial charge >= 0.3 is 0 Å². The first-order valence-electron chi connectivity index (χ1n) is 17.0. The molecule has 5 aromatic carbocycles. The first-order chi connectivity index (χ1) is 23.6. The van der Waals surface area contributed by atoms with Crippen LogP contribution in [0.4, 0.5) is 0 Å². The van der Waals surface area contributed by atoms with E-state index < -0.39 is 0 Å². The van der Waals surface area contributed by atoms with Crippen LogP contribution in [0.5, 0.6) is 11.5 Å². The SMILES string of the molecule is CC(C)(C)c1ccnc(-n2c3ccccc3c3cc(C(C)(C)C)c(Oc4cccc(-n5[cH+]n(-c6ccccc6)c6ccccc65)c4)cc32)c1. The highest BCUT2D eigenvalue weighted by Gasteiger charge is 2.25. The van der Waals surface area contributed by atoms with Crippen molar-refractivity contribution in [3.8, 4) is 28.7 Å². The van der Waals surface area contributed by atoms with Gasteiger partial charge in [0.25, 0.3) is 0 Å². The van der Waals surface area contributed by atoms with E-state index >= 15 is 0 Å². The quantitative estimate of drug-likeness (QED) is 0.175. The van der Waals surface area contributed by atoms with E-state index in [9.17, 15) is 0 Å². The molecule has 0 bridgehead atoms. The Labute approximate surface area is 287 Å². The zero-order valence-corrected chi connectivity index (χ0v) is 29.0. The molecule has 3 heterocycles. The lowest BCUT2D eigenvalue weighted by molar-refractivity contribution is 0.456. The third-order valence-electron chi connectivity index (χ3n) is 9.41. The molecule has 0 atom stereocenters. The minimum absolute atomic E-state index is 0.000549. The number of hydrogen-bond acceptors (Lipinski definition) is 2. The van der Waals surface area contributed by atoms with Crippen LogP contribution in [0.1, 0.15) is 52.7 Å². The van der Waals surface area contributed by atoms with Gasteiger partial charge in [0, 0.05) is 46.8 Å². The van der Waals surface area contributed by atoms with Crippen molar-refractivity contribution in [1.82, 2.24) is 18.7 Å². The minimum Gasteiger partial charge on any atom is -0.456 e. The average Bonchev–Trinajstić information content (AvgIpc) is 3.64. The zero-order valence-electron chi connectivity index (χ0n) is 29.0. The van der Waals surface area contributed by atoms with Gasteiger partial charge < -0.3 is 4.74 Å². The Balaban J connectivity index is 1.29. The number of pyridine rings is 1. The standard InChI is InChI=1S/C44H41N4O/c1-43(2,3)30-23-24-45-42(25-30)48-37-20-11-10-19-34(37)35-27-36(44(4,5)6)41(28-40(35)48)49-33-18-14-17-32(26-33)47-29-46(31-15-8-7-9-16-31)38-21-12-13-22-39(38)47/h7-29H,1-6H3/q+1. The lowest BCUT2D eigenvalue weighted by Gasteiger charge is -2.23. The van der Waals surface area contributed by atoms with Crippen LogP contribution in [0.2, 0.25) is 0 Å². The average molecular weight is 642 g/mol. The minimum atomic E-state index is -0.160. The van der Waals surface area contributed by atoms with Crippen molar-refractivity contribution in [2.75, 3.05) is 0 Å². The van der Waals surface area contributed by atoms with Gasteiger partial charge in [-0.25, -0.2) is 4.98 Å². The molecule has 0 radical (unpaired) electrons. The number of para-hydroxylation sites is 4. The molecule has 0 aliphatic carbocycles. The number of benzene rings is 5. The highest BCUT2D eigenvalue weighted by Crippen LogP contribution is 2.42. The van der Waals surface area contributed by atoms with Crippen LogP contribution in [-0.2, 0) is 10.8 Å². The van der Waals surface area contributed by atoms with Crippen LogP contribution in [0.25, 0.3) is 50.0 Å². The summed E-state index contributed by atoms with van der Waals surface area (Å²) in [7, 11) is 0. The van der Waals surface area contributed by atoms with Crippen molar-refractivity contribution in [3.05, 3.63) is 151 Å². The fourth-order valence-corrected chi connectivity index (χ4v) is 6.86. The molecule has 0 N–H and O–H groups in total. The van der Waals surface area contributed by atoms with E-state index in [4.69, 9.17) is 9.72 Å². The first kappa shape index (κ1) is 30.6. The van der Waals surface area contributed by atoms with E-state index in [1.54, 1.807) is 0 Å². The Morgan fingerprint density at radius 1 is 0.551 bits per heavy atom. The summed E-state index contributed by atoms with van der Waals surface area (Å²) in [5.74, 6) is 2.52. The number of imidazole rings is 1. The predicted octanol–water partition coefficient (Wildman–Crippen LogP) is 11.6. The summed E-state index contributed by atoms with van der Waals surface area (Å²) in [6, 6.07) is 44.8. The van der Waals surface area contributed by atoms with Crippen molar-refractivity contribution in [1.29, 1.82) is 0 Å². The molecular formula is C44H41N4O+. The Kier molecular flexibility index (Phi) is 7.18. The molecule has 0 fully saturated rings. The topological polar surface area (TPSA) is 36.9 Å². The molecule has 49 heavy (non-hydrogen) atoms. The zero-order chi connectivity index (χ0) is 33.9. The summed E-state index contributed by atoms with van der Waals surface area (Å²) in [6.07, 6.45) is 4.08. The van der Waals surface area contributed by atoms with Crippen LogP contribution in [0, 0.1) is 0 Å². The van der Waals surface area contributed by atoms with E-state index in [2.05, 4.69) is 177 Å². The summed E-state index contributed by atoms with van der Waals surface area (Å²) in [4.78, 5) is 4.89. The molecular weight excluding hydrogens is 601 g/mol. The van der Waals surface area contributed by atoms with Gasteiger partial charge in [0.05, 0.1) is 11.0 Å². The lowest BCUT2D eigenvalue weighted by Crippen LogP contribution is -2.13. The van der Waals surface area contributed by atoms with Crippen LogP contribution < -0.4 is 4.74 Å². The second-order valence-electron chi connectivity index (χ2n) is 14.9. The van der Waals surface area contributed by atoms with Crippen LogP contribution >= 0.6 is 0 Å². The van der Waals surface area contributed by atoms with E-state index in [0.717, 1.165) is 56.3 Å². The number of nitrogens with zero attached hydrogens (tertiary/aromatic N) is 4. The highest BCUT2D eigenvalue weighted by molar-refractivity contribution is 6.10. The van der Waals surface area contributed by atoms with E-state index in [1.165, 1.54) is 16.3 Å². The summed E-state index contributed by atoms with van der Waals surface area (Å²) < 4.78 is 13.7. The summed E-state index contributed by atoms with van der Waals surface area (Å²) >= 11 is 0. The summed E-state index contributed by atoms with van der Waals surface area (Å²) in [6.45, 7) is 13.5. The maximum Gasteiger partial charge on any atom is 0.168 e. The molecule has 0 saturated carbocycles. The predicted molar refractivity (Wildman–Crippen MR) is 203 cm³/mol. The van der Waals surface area contributed by atoms with Crippen molar-refractivity contribution in [2.24, 2.45) is 0 Å². The Morgan fingerprint density at radius 3 is 1.92 bits per heavy atom.